The van der Waals surface area contributed by atoms with Gasteiger partial charge in [0.1, 0.15) is 0 Å². The van der Waals surface area contributed by atoms with Gasteiger partial charge in [-0.2, -0.15) is 0 Å². The van der Waals surface area contributed by atoms with E-state index in [4.69, 9.17) is 5.73 Å². The fraction of sp³-hybridized carbons (Fsp3) is 0.588. The largest absolute Gasteiger partial charge is 0.369 e. The van der Waals surface area contributed by atoms with Crippen molar-refractivity contribution in [3.05, 3.63) is 35.9 Å². The molecule has 1 unspecified atom stereocenters. The molecule has 0 aliphatic heterocycles. The molecule has 0 spiro atoms. The maximum atomic E-state index is 12.1. The maximum Gasteiger partial charge on any atom is 0.224 e. The molecule has 0 heterocycles. The number of primary amides is 1. The highest BCUT2D eigenvalue weighted by molar-refractivity contribution is 5.83. The minimum atomic E-state index is -0.329. The van der Waals surface area contributed by atoms with Gasteiger partial charge in [0.25, 0.3) is 0 Å². The molecule has 1 aromatic carbocycles. The van der Waals surface area contributed by atoms with Crippen LogP contribution in [0, 0.1) is 5.41 Å². The van der Waals surface area contributed by atoms with Gasteiger partial charge >= 0.3 is 0 Å². The number of hydrogen-bond acceptors (Lipinski definition) is 2. The standard InChI is InChI=1S/C17H26N2O/c1-3-19(4-2)13-15(14-9-6-5-7-10-14)17(16(18)20)11-8-12-17/h5-7,9-10,15H,3-4,8,11-13H2,1-2H3,(H2,18,20). The smallest absolute Gasteiger partial charge is 0.224 e. The molecular weight excluding hydrogens is 248 g/mol. The molecule has 0 aromatic heterocycles. The molecule has 2 rings (SSSR count). The Bertz CT molecular complexity index is 436. The summed E-state index contributed by atoms with van der Waals surface area (Å²) < 4.78 is 0. The molecular formula is C17H26N2O. The molecule has 20 heavy (non-hydrogen) atoms. The van der Waals surface area contributed by atoms with Crippen LogP contribution < -0.4 is 5.73 Å². The Kier molecular flexibility index (Phi) is 4.81. The zero-order valence-electron chi connectivity index (χ0n) is 12.6. The van der Waals surface area contributed by atoms with Gasteiger partial charge in [0.05, 0.1) is 5.41 Å². The van der Waals surface area contributed by atoms with Gasteiger partial charge in [-0.05, 0) is 31.5 Å². The number of carbonyl (C=O) groups is 1. The third-order valence-corrected chi connectivity index (χ3v) is 4.94. The molecule has 3 nitrogen and oxygen atoms in total. The lowest BCUT2D eigenvalue weighted by molar-refractivity contribution is -0.135. The van der Waals surface area contributed by atoms with Gasteiger partial charge in [0, 0.05) is 12.5 Å². The predicted molar refractivity (Wildman–Crippen MR) is 82.4 cm³/mol. The van der Waals surface area contributed by atoms with E-state index in [1.807, 2.05) is 6.07 Å². The monoisotopic (exact) mass is 274 g/mol. The Morgan fingerprint density at radius 3 is 2.25 bits per heavy atom. The van der Waals surface area contributed by atoms with Crippen LogP contribution in [0.5, 0.6) is 0 Å². The summed E-state index contributed by atoms with van der Waals surface area (Å²) in [5.41, 5.74) is 6.69. The van der Waals surface area contributed by atoms with Gasteiger partial charge in [-0.25, -0.2) is 0 Å². The van der Waals surface area contributed by atoms with Crippen LogP contribution in [-0.2, 0) is 4.79 Å². The Morgan fingerprint density at radius 2 is 1.85 bits per heavy atom. The van der Waals surface area contributed by atoms with Crippen LogP contribution in [-0.4, -0.2) is 30.4 Å². The van der Waals surface area contributed by atoms with E-state index in [1.54, 1.807) is 0 Å². The second-order valence-electron chi connectivity index (χ2n) is 5.82. The Balaban J connectivity index is 2.31. The second kappa shape index (κ2) is 6.40. The average Bonchev–Trinajstić information content (AvgIpc) is 2.42. The molecule has 1 saturated carbocycles. The highest BCUT2D eigenvalue weighted by Gasteiger charge is 2.49. The highest BCUT2D eigenvalue weighted by Crippen LogP contribution is 2.51. The number of benzene rings is 1. The first kappa shape index (κ1) is 15.0. The number of nitrogens with zero attached hydrogens (tertiary/aromatic N) is 1. The van der Waals surface area contributed by atoms with Crippen LogP contribution in [0.2, 0.25) is 0 Å². The van der Waals surface area contributed by atoms with Gasteiger partial charge in [-0.15, -0.1) is 0 Å². The fourth-order valence-corrected chi connectivity index (χ4v) is 3.35. The van der Waals surface area contributed by atoms with Crippen molar-refractivity contribution in [1.29, 1.82) is 0 Å². The first-order valence-electron chi connectivity index (χ1n) is 7.71. The van der Waals surface area contributed by atoms with E-state index in [9.17, 15) is 4.79 Å². The quantitative estimate of drug-likeness (QED) is 0.831. The summed E-state index contributed by atoms with van der Waals surface area (Å²) in [6, 6.07) is 10.4. The number of likely N-dealkylation sites (N-methyl/N-ethyl adjacent to an activating group) is 1. The van der Waals surface area contributed by atoms with Crippen molar-refractivity contribution in [2.75, 3.05) is 19.6 Å². The van der Waals surface area contributed by atoms with Crippen LogP contribution >= 0.6 is 0 Å². The number of amides is 1. The zero-order valence-corrected chi connectivity index (χ0v) is 12.6. The SMILES string of the molecule is CCN(CC)CC(c1ccccc1)C1(C(N)=O)CCC1. The van der Waals surface area contributed by atoms with Gasteiger partial charge in [-0.1, -0.05) is 50.6 Å². The van der Waals surface area contributed by atoms with E-state index >= 15 is 0 Å². The molecule has 3 heteroatoms. The summed E-state index contributed by atoms with van der Waals surface area (Å²) in [5.74, 6) is 0.0969. The van der Waals surface area contributed by atoms with Crippen molar-refractivity contribution in [3.8, 4) is 0 Å². The predicted octanol–water partition coefficient (Wildman–Crippen LogP) is 2.77. The molecule has 0 radical (unpaired) electrons. The molecule has 1 aromatic rings. The minimum absolute atomic E-state index is 0.121. The van der Waals surface area contributed by atoms with Crippen LogP contribution in [0.15, 0.2) is 30.3 Å². The molecule has 110 valence electrons. The highest BCUT2D eigenvalue weighted by atomic mass is 16.1. The number of hydrogen-bond donors (Lipinski definition) is 1. The third-order valence-electron chi connectivity index (χ3n) is 4.94. The summed E-state index contributed by atoms with van der Waals surface area (Å²) in [7, 11) is 0. The first-order chi connectivity index (χ1) is 9.64. The Morgan fingerprint density at radius 1 is 1.25 bits per heavy atom. The summed E-state index contributed by atoms with van der Waals surface area (Å²) in [6.45, 7) is 7.27. The van der Waals surface area contributed by atoms with Crippen LogP contribution in [0.3, 0.4) is 0 Å². The van der Waals surface area contributed by atoms with Crippen molar-refractivity contribution >= 4 is 5.91 Å². The van der Waals surface area contributed by atoms with Crippen LogP contribution in [0.4, 0.5) is 0 Å². The van der Waals surface area contributed by atoms with Crippen LogP contribution in [0.1, 0.15) is 44.6 Å². The summed E-state index contributed by atoms with van der Waals surface area (Å²) in [5, 5.41) is 0. The maximum absolute atomic E-state index is 12.1. The molecule has 0 saturated heterocycles. The lowest BCUT2D eigenvalue weighted by atomic mass is 9.58. The molecule has 1 aliphatic carbocycles. The van der Waals surface area contributed by atoms with Crippen molar-refractivity contribution in [2.24, 2.45) is 11.1 Å². The normalized spacial score (nSPS) is 18.6. The third kappa shape index (κ3) is 2.73. The van der Waals surface area contributed by atoms with E-state index in [0.717, 1.165) is 38.9 Å². The van der Waals surface area contributed by atoms with Crippen molar-refractivity contribution < 1.29 is 4.79 Å². The van der Waals surface area contributed by atoms with Gasteiger partial charge in [0.15, 0.2) is 0 Å². The molecule has 1 amide bonds. The lowest BCUT2D eigenvalue weighted by Gasteiger charge is -2.46. The van der Waals surface area contributed by atoms with Crippen molar-refractivity contribution in [1.82, 2.24) is 4.90 Å². The molecule has 2 N–H and O–H groups in total. The summed E-state index contributed by atoms with van der Waals surface area (Å²) in [4.78, 5) is 14.5. The lowest BCUT2D eigenvalue weighted by Crippen LogP contribution is -2.50. The van der Waals surface area contributed by atoms with Gasteiger partial charge in [-0.3, -0.25) is 4.79 Å². The van der Waals surface area contributed by atoms with E-state index < -0.39 is 0 Å². The number of nitrogens with two attached hydrogens (primary N) is 1. The summed E-state index contributed by atoms with van der Waals surface area (Å²) >= 11 is 0. The first-order valence-corrected chi connectivity index (χ1v) is 7.71. The van der Waals surface area contributed by atoms with Crippen molar-refractivity contribution in [3.63, 3.8) is 0 Å². The number of carbonyl (C=O) groups excluding carboxylic acids is 1. The Labute approximate surface area is 122 Å². The van der Waals surface area contributed by atoms with Gasteiger partial charge in [0.2, 0.25) is 5.91 Å². The topological polar surface area (TPSA) is 46.3 Å². The Hall–Kier alpha value is -1.35. The molecule has 0 bridgehead atoms. The average molecular weight is 274 g/mol. The molecule has 1 aliphatic rings. The minimum Gasteiger partial charge on any atom is -0.369 e. The van der Waals surface area contributed by atoms with Crippen molar-refractivity contribution in [2.45, 2.75) is 39.0 Å². The van der Waals surface area contributed by atoms with E-state index in [0.29, 0.717) is 0 Å². The number of rotatable bonds is 7. The van der Waals surface area contributed by atoms with E-state index in [1.165, 1.54) is 5.56 Å². The van der Waals surface area contributed by atoms with Gasteiger partial charge < -0.3 is 10.6 Å². The second-order valence-corrected chi connectivity index (χ2v) is 5.82. The van der Waals surface area contributed by atoms with E-state index in [2.05, 4.69) is 43.0 Å². The van der Waals surface area contributed by atoms with E-state index in [-0.39, 0.29) is 17.2 Å². The van der Waals surface area contributed by atoms with Crippen LogP contribution in [0.25, 0.3) is 0 Å². The molecule has 1 atom stereocenters. The zero-order chi connectivity index (χ0) is 14.6. The fourth-order valence-electron chi connectivity index (χ4n) is 3.35. The summed E-state index contributed by atoms with van der Waals surface area (Å²) in [6.07, 6.45) is 2.98. The molecule has 1 fully saturated rings.